The van der Waals surface area contributed by atoms with E-state index in [9.17, 15) is 4.79 Å². The van der Waals surface area contributed by atoms with E-state index < -0.39 is 0 Å². The topological polar surface area (TPSA) is 29.1 Å². The molecule has 1 N–H and O–H groups in total. The van der Waals surface area contributed by atoms with E-state index >= 15 is 0 Å². The summed E-state index contributed by atoms with van der Waals surface area (Å²) in [4.78, 5) is 11.2. The summed E-state index contributed by atoms with van der Waals surface area (Å²) in [5.74, 6) is 0.787. The van der Waals surface area contributed by atoms with Crippen LogP contribution in [0.2, 0.25) is 0 Å². The van der Waals surface area contributed by atoms with Gasteiger partial charge in [0.2, 0.25) is 5.91 Å². The maximum Gasteiger partial charge on any atom is 0.220 e. The second-order valence-electron chi connectivity index (χ2n) is 6.42. The molecular formula is C19H39NOS. The summed E-state index contributed by atoms with van der Waals surface area (Å²) in [6, 6.07) is 0. The molecule has 0 aromatic carbocycles. The number of hydrogen-bond donors (Lipinski definition) is 2. The molecule has 0 radical (unpaired) electrons. The zero-order chi connectivity index (χ0) is 16.3. The van der Waals surface area contributed by atoms with Gasteiger partial charge in [-0.15, -0.1) is 0 Å². The molecule has 0 bridgehead atoms. The normalized spacial score (nSPS) is 10.8. The summed E-state index contributed by atoms with van der Waals surface area (Å²) in [7, 11) is 0. The smallest absolute Gasteiger partial charge is 0.220 e. The second kappa shape index (κ2) is 18.9. The molecule has 0 aliphatic heterocycles. The fraction of sp³-hybridized carbons (Fsp3) is 0.947. The fourth-order valence-corrected chi connectivity index (χ4v) is 2.94. The first kappa shape index (κ1) is 21.8. The van der Waals surface area contributed by atoms with Crippen molar-refractivity contribution in [3.63, 3.8) is 0 Å². The monoisotopic (exact) mass is 329 g/mol. The molecule has 0 aromatic rings. The highest BCUT2D eigenvalue weighted by molar-refractivity contribution is 7.80. The van der Waals surface area contributed by atoms with Gasteiger partial charge in [-0.1, -0.05) is 90.4 Å². The molecule has 132 valence electrons. The Morgan fingerprint density at radius 3 is 1.55 bits per heavy atom. The van der Waals surface area contributed by atoms with Crippen LogP contribution in [0.1, 0.15) is 103 Å². The van der Waals surface area contributed by atoms with E-state index in [4.69, 9.17) is 0 Å². The van der Waals surface area contributed by atoms with Crippen molar-refractivity contribution in [3.8, 4) is 0 Å². The van der Waals surface area contributed by atoms with Gasteiger partial charge in [-0.2, -0.15) is 12.6 Å². The Kier molecular flexibility index (Phi) is 18.7. The van der Waals surface area contributed by atoms with Gasteiger partial charge in [0.05, 0.1) is 0 Å². The summed E-state index contributed by atoms with van der Waals surface area (Å²) >= 11 is 4.05. The minimum atomic E-state index is 0.143. The van der Waals surface area contributed by atoms with Crippen LogP contribution in [0.25, 0.3) is 0 Å². The molecule has 0 aliphatic rings. The number of nitrogens with one attached hydrogen (secondary N) is 1. The van der Waals surface area contributed by atoms with Crippen LogP contribution in [0, 0.1) is 0 Å². The highest BCUT2D eigenvalue weighted by Crippen LogP contribution is 2.12. The number of carbonyl (C=O) groups excluding carboxylic acids is 1. The van der Waals surface area contributed by atoms with Gasteiger partial charge in [0.1, 0.15) is 0 Å². The minimum absolute atomic E-state index is 0.143. The Labute approximate surface area is 144 Å². The van der Waals surface area contributed by atoms with E-state index in [1.807, 2.05) is 0 Å². The van der Waals surface area contributed by atoms with Crippen LogP contribution >= 0.6 is 12.6 Å². The van der Waals surface area contributed by atoms with E-state index in [0.717, 1.165) is 13.0 Å². The second-order valence-corrected chi connectivity index (χ2v) is 6.87. The Morgan fingerprint density at radius 1 is 0.727 bits per heavy atom. The van der Waals surface area contributed by atoms with Crippen LogP contribution in [0.5, 0.6) is 0 Å². The van der Waals surface area contributed by atoms with Crippen LogP contribution in [-0.2, 0) is 4.79 Å². The van der Waals surface area contributed by atoms with Crippen molar-refractivity contribution in [2.75, 3.05) is 12.3 Å². The fourth-order valence-electron chi connectivity index (χ4n) is 2.74. The van der Waals surface area contributed by atoms with Crippen LogP contribution < -0.4 is 5.32 Å². The molecule has 3 heteroatoms. The van der Waals surface area contributed by atoms with Crippen molar-refractivity contribution in [2.45, 2.75) is 103 Å². The predicted molar refractivity (Wildman–Crippen MR) is 102 cm³/mol. The molecule has 0 saturated heterocycles. The van der Waals surface area contributed by atoms with Crippen LogP contribution in [0.15, 0.2) is 0 Å². The molecule has 1 amide bonds. The molecule has 22 heavy (non-hydrogen) atoms. The largest absolute Gasteiger partial charge is 0.356 e. The zero-order valence-electron chi connectivity index (χ0n) is 14.9. The molecule has 0 aromatic heterocycles. The van der Waals surface area contributed by atoms with Crippen LogP contribution in [0.3, 0.4) is 0 Å². The number of carbonyl (C=O) groups is 1. The van der Waals surface area contributed by atoms with Crippen molar-refractivity contribution >= 4 is 18.5 Å². The lowest BCUT2D eigenvalue weighted by Crippen LogP contribution is -2.24. The van der Waals surface area contributed by atoms with Gasteiger partial charge < -0.3 is 5.32 Å². The maximum atomic E-state index is 11.2. The molecule has 0 unspecified atom stereocenters. The summed E-state index contributed by atoms with van der Waals surface area (Å²) in [6.45, 7) is 3.12. The number of amides is 1. The molecule has 0 rings (SSSR count). The molecular weight excluding hydrogens is 290 g/mol. The quantitative estimate of drug-likeness (QED) is 0.252. The molecule has 0 atom stereocenters. The Bertz CT molecular complexity index is 233. The van der Waals surface area contributed by atoms with Gasteiger partial charge in [-0.3, -0.25) is 4.79 Å². The predicted octanol–water partition coefficient (Wildman–Crippen LogP) is 5.90. The highest BCUT2D eigenvalue weighted by Gasteiger charge is 1.98. The lowest BCUT2D eigenvalue weighted by Gasteiger charge is -2.04. The van der Waals surface area contributed by atoms with Crippen LogP contribution in [-0.4, -0.2) is 18.2 Å². The van der Waals surface area contributed by atoms with Crippen molar-refractivity contribution in [1.29, 1.82) is 0 Å². The summed E-state index contributed by atoms with van der Waals surface area (Å²) in [5, 5.41) is 2.94. The minimum Gasteiger partial charge on any atom is -0.356 e. The van der Waals surface area contributed by atoms with Gasteiger partial charge in [0, 0.05) is 13.0 Å². The third-order valence-corrected chi connectivity index (χ3v) is 4.41. The number of unbranched alkanes of at least 4 members (excludes halogenated alkanes) is 13. The average molecular weight is 330 g/mol. The van der Waals surface area contributed by atoms with E-state index in [1.54, 1.807) is 0 Å². The van der Waals surface area contributed by atoms with Crippen LogP contribution in [0.4, 0.5) is 0 Å². The van der Waals surface area contributed by atoms with E-state index in [2.05, 4.69) is 24.9 Å². The number of rotatable bonds is 17. The Morgan fingerprint density at radius 2 is 1.14 bits per heavy atom. The van der Waals surface area contributed by atoms with Crippen molar-refractivity contribution < 1.29 is 4.79 Å². The molecule has 0 heterocycles. The Balaban J connectivity index is 3.01. The van der Waals surface area contributed by atoms with Crippen molar-refractivity contribution in [2.24, 2.45) is 0 Å². The molecule has 0 fully saturated rings. The summed E-state index contributed by atoms with van der Waals surface area (Å²) in [5.41, 5.74) is 0. The lowest BCUT2D eigenvalue weighted by molar-refractivity contribution is -0.120. The molecule has 0 saturated carbocycles. The Hall–Kier alpha value is -0.180. The summed E-state index contributed by atoms with van der Waals surface area (Å²) in [6.07, 6.45) is 19.8. The highest BCUT2D eigenvalue weighted by atomic mass is 32.1. The van der Waals surface area contributed by atoms with E-state index in [0.29, 0.717) is 12.2 Å². The maximum absolute atomic E-state index is 11.2. The third-order valence-electron chi connectivity index (χ3n) is 4.19. The third kappa shape index (κ3) is 17.9. The van der Waals surface area contributed by atoms with Crippen molar-refractivity contribution in [3.05, 3.63) is 0 Å². The van der Waals surface area contributed by atoms with Gasteiger partial charge in [0.25, 0.3) is 0 Å². The van der Waals surface area contributed by atoms with Gasteiger partial charge in [-0.05, 0) is 12.2 Å². The van der Waals surface area contributed by atoms with Crippen molar-refractivity contribution in [1.82, 2.24) is 5.32 Å². The van der Waals surface area contributed by atoms with Gasteiger partial charge in [0.15, 0.2) is 0 Å². The molecule has 0 spiro atoms. The van der Waals surface area contributed by atoms with Gasteiger partial charge in [-0.25, -0.2) is 0 Å². The SMILES string of the molecule is CCCCCCCCCCCCCCCCNC(=O)CCS. The molecule has 2 nitrogen and oxygen atoms in total. The van der Waals surface area contributed by atoms with Gasteiger partial charge >= 0.3 is 0 Å². The molecule has 0 aliphatic carbocycles. The standard InChI is InChI=1S/C19H39NOS/c1-2-3-4-5-6-7-8-9-10-11-12-13-14-15-17-20-19(21)16-18-22/h22H,2-18H2,1H3,(H,20,21). The zero-order valence-corrected chi connectivity index (χ0v) is 15.8. The number of thiol groups is 1. The van der Waals surface area contributed by atoms with E-state index in [-0.39, 0.29) is 5.91 Å². The first-order valence-electron chi connectivity index (χ1n) is 9.68. The number of hydrogen-bond acceptors (Lipinski definition) is 2. The first-order valence-corrected chi connectivity index (χ1v) is 10.3. The van der Waals surface area contributed by atoms with E-state index in [1.165, 1.54) is 83.5 Å². The average Bonchev–Trinajstić information content (AvgIpc) is 2.51. The first-order chi connectivity index (χ1) is 10.8. The lowest BCUT2D eigenvalue weighted by atomic mass is 10.0. The summed E-state index contributed by atoms with van der Waals surface area (Å²) < 4.78 is 0.